The van der Waals surface area contributed by atoms with Crippen LogP contribution in [0.3, 0.4) is 0 Å². The molecule has 0 unspecified atom stereocenters. The maximum Gasteiger partial charge on any atom is 0.273 e. The van der Waals surface area contributed by atoms with E-state index in [-0.39, 0.29) is 5.56 Å². The molecule has 3 rings (SSSR count). The third-order valence-corrected chi connectivity index (χ3v) is 5.03. The van der Waals surface area contributed by atoms with E-state index in [0.29, 0.717) is 37.6 Å². The summed E-state index contributed by atoms with van der Waals surface area (Å²) in [4.78, 5) is 12.5. The predicted molar refractivity (Wildman–Crippen MR) is 106 cm³/mol. The molecule has 25 heavy (non-hydrogen) atoms. The highest BCUT2D eigenvalue weighted by Gasteiger charge is 2.14. The molecule has 0 radical (unpaired) electrons. The predicted octanol–water partition coefficient (Wildman–Crippen LogP) is 5.57. The van der Waals surface area contributed by atoms with Gasteiger partial charge < -0.3 is 5.32 Å². The molecule has 0 bridgehead atoms. The molecule has 0 saturated heterocycles. The Balaban J connectivity index is 1.93. The van der Waals surface area contributed by atoms with Crippen molar-refractivity contribution in [2.24, 2.45) is 0 Å². The molecule has 0 aliphatic carbocycles. The number of hydrogen-bond donors (Lipinski definition) is 1. The number of nitrogens with zero attached hydrogens (tertiary/aromatic N) is 2. The first-order chi connectivity index (χ1) is 12.0. The van der Waals surface area contributed by atoms with Crippen molar-refractivity contribution in [2.75, 3.05) is 5.32 Å². The van der Waals surface area contributed by atoms with Crippen molar-refractivity contribution in [2.45, 2.75) is 6.54 Å². The Hall–Kier alpha value is -1.53. The van der Waals surface area contributed by atoms with Crippen LogP contribution in [0.1, 0.15) is 5.56 Å². The maximum atomic E-state index is 12.5. The van der Waals surface area contributed by atoms with Crippen LogP contribution in [-0.2, 0) is 6.54 Å². The lowest BCUT2D eigenvalue weighted by Gasteiger charge is -2.13. The Kier molecular flexibility index (Phi) is 5.69. The summed E-state index contributed by atoms with van der Waals surface area (Å²) in [6.07, 6.45) is 0. The molecule has 1 aromatic heterocycles. The van der Waals surface area contributed by atoms with Crippen LogP contribution in [0.5, 0.6) is 0 Å². The van der Waals surface area contributed by atoms with E-state index in [1.807, 2.05) is 24.3 Å². The lowest BCUT2D eigenvalue weighted by Crippen LogP contribution is -2.22. The van der Waals surface area contributed by atoms with Gasteiger partial charge in [-0.05, 0) is 39.7 Å². The molecule has 4 nitrogen and oxygen atoms in total. The number of aromatic nitrogens is 2. The minimum atomic E-state index is -0.361. The van der Waals surface area contributed by atoms with Crippen LogP contribution in [-0.4, -0.2) is 9.78 Å². The van der Waals surface area contributed by atoms with Crippen molar-refractivity contribution >= 4 is 56.4 Å². The zero-order chi connectivity index (χ0) is 18.0. The average molecular weight is 460 g/mol. The molecule has 0 spiro atoms. The molecule has 0 amide bonds. The van der Waals surface area contributed by atoms with E-state index < -0.39 is 0 Å². The molecule has 0 atom stereocenters. The largest absolute Gasteiger partial charge is 0.379 e. The zero-order valence-electron chi connectivity index (χ0n) is 12.6. The summed E-state index contributed by atoms with van der Waals surface area (Å²) in [5.41, 5.74) is 1.44. The van der Waals surface area contributed by atoms with Gasteiger partial charge in [0.05, 0.1) is 15.7 Å². The van der Waals surface area contributed by atoms with Gasteiger partial charge in [-0.15, -0.1) is 0 Å². The molecular formula is C17H11BrCl3N3O. The van der Waals surface area contributed by atoms with Crippen molar-refractivity contribution in [1.82, 2.24) is 9.78 Å². The van der Waals surface area contributed by atoms with Gasteiger partial charge >= 0.3 is 0 Å². The van der Waals surface area contributed by atoms with Gasteiger partial charge in [0.25, 0.3) is 5.56 Å². The number of hydrogen-bond acceptors (Lipinski definition) is 3. The molecule has 0 saturated carbocycles. The fourth-order valence-electron chi connectivity index (χ4n) is 2.24. The molecule has 1 heterocycles. The minimum absolute atomic E-state index is 0.339. The highest BCUT2D eigenvalue weighted by molar-refractivity contribution is 9.10. The second kappa shape index (κ2) is 7.79. The third-order valence-electron chi connectivity index (χ3n) is 3.46. The number of rotatable bonds is 4. The number of nitrogens with one attached hydrogen (secondary N) is 1. The summed E-state index contributed by atoms with van der Waals surface area (Å²) in [5, 5.41) is 8.73. The van der Waals surface area contributed by atoms with Gasteiger partial charge in [-0.25, -0.2) is 0 Å². The highest BCUT2D eigenvalue weighted by Crippen LogP contribution is 2.28. The molecule has 2 aromatic carbocycles. The molecular weight excluding hydrogens is 448 g/mol. The van der Waals surface area contributed by atoms with E-state index in [2.05, 4.69) is 26.3 Å². The zero-order valence-corrected chi connectivity index (χ0v) is 16.5. The molecule has 1 N–H and O–H groups in total. The summed E-state index contributed by atoms with van der Waals surface area (Å²) >= 11 is 21.8. The Morgan fingerprint density at radius 1 is 1.00 bits per heavy atom. The molecule has 0 aliphatic rings. The lowest BCUT2D eigenvalue weighted by atomic mass is 10.2. The summed E-state index contributed by atoms with van der Waals surface area (Å²) in [6, 6.07) is 13.9. The van der Waals surface area contributed by atoms with Crippen molar-refractivity contribution < 1.29 is 0 Å². The van der Waals surface area contributed by atoms with E-state index in [1.54, 1.807) is 18.2 Å². The van der Waals surface area contributed by atoms with Gasteiger partial charge in [-0.3, -0.25) is 4.79 Å². The normalized spacial score (nSPS) is 10.7. The maximum absolute atomic E-state index is 12.5. The first-order valence-corrected chi connectivity index (χ1v) is 9.11. The van der Waals surface area contributed by atoms with Crippen molar-refractivity contribution in [3.05, 3.63) is 84.1 Å². The topological polar surface area (TPSA) is 46.9 Å². The summed E-state index contributed by atoms with van der Waals surface area (Å²) in [5.74, 6) is 0. The summed E-state index contributed by atoms with van der Waals surface area (Å²) in [6.45, 7) is 0.455. The van der Waals surface area contributed by atoms with Crippen LogP contribution >= 0.6 is 50.7 Å². The lowest BCUT2D eigenvalue weighted by molar-refractivity contribution is 0.794. The molecule has 8 heteroatoms. The number of benzene rings is 2. The SMILES string of the molecule is O=c1cc(NCc2ccccc2Cl)c(Br)nn1-c1c(Cl)cccc1Cl. The van der Waals surface area contributed by atoms with Gasteiger partial charge in [0.1, 0.15) is 10.3 Å². The van der Waals surface area contributed by atoms with E-state index in [1.165, 1.54) is 6.07 Å². The standard InChI is InChI=1S/C17H11BrCl3N3O/c18-17-14(22-9-10-4-1-2-5-11(10)19)8-15(25)24(23-17)16-12(20)6-3-7-13(16)21/h1-8,22H,9H2. The quantitative estimate of drug-likeness (QED) is 0.555. The molecule has 0 aliphatic heterocycles. The van der Waals surface area contributed by atoms with Crippen LogP contribution in [0.2, 0.25) is 15.1 Å². The Morgan fingerprint density at radius 3 is 2.32 bits per heavy atom. The van der Waals surface area contributed by atoms with Crippen molar-refractivity contribution in [1.29, 1.82) is 0 Å². The fraction of sp³-hybridized carbons (Fsp3) is 0.0588. The second-order valence-electron chi connectivity index (χ2n) is 5.11. The average Bonchev–Trinajstić information content (AvgIpc) is 2.57. The number of anilines is 1. The Labute approximate surface area is 167 Å². The first kappa shape index (κ1) is 18.3. The van der Waals surface area contributed by atoms with Gasteiger partial charge in [-0.2, -0.15) is 9.78 Å². The minimum Gasteiger partial charge on any atom is -0.379 e. The van der Waals surface area contributed by atoms with Crippen LogP contribution < -0.4 is 10.9 Å². The van der Waals surface area contributed by atoms with E-state index in [4.69, 9.17) is 34.8 Å². The smallest absolute Gasteiger partial charge is 0.273 e. The van der Waals surface area contributed by atoms with Crippen LogP contribution in [0.25, 0.3) is 5.69 Å². The first-order valence-electron chi connectivity index (χ1n) is 7.19. The van der Waals surface area contributed by atoms with Crippen molar-refractivity contribution in [3.8, 4) is 5.69 Å². The second-order valence-corrected chi connectivity index (χ2v) is 7.09. The highest BCUT2D eigenvalue weighted by atomic mass is 79.9. The van der Waals surface area contributed by atoms with Gasteiger partial charge in [-0.1, -0.05) is 59.1 Å². The van der Waals surface area contributed by atoms with E-state index in [0.717, 1.165) is 10.2 Å². The summed E-state index contributed by atoms with van der Waals surface area (Å²) < 4.78 is 1.62. The monoisotopic (exact) mass is 457 g/mol. The van der Waals surface area contributed by atoms with Crippen molar-refractivity contribution in [3.63, 3.8) is 0 Å². The number of halogens is 4. The molecule has 0 fully saturated rings. The third kappa shape index (κ3) is 4.01. The number of para-hydroxylation sites is 1. The Morgan fingerprint density at radius 2 is 1.64 bits per heavy atom. The van der Waals surface area contributed by atoms with Gasteiger partial charge in [0.15, 0.2) is 0 Å². The van der Waals surface area contributed by atoms with Crippen LogP contribution in [0.15, 0.2) is 57.9 Å². The van der Waals surface area contributed by atoms with Gasteiger partial charge in [0.2, 0.25) is 0 Å². The molecule has 3 aromatic rings. The van der Waals surface area contributed by atoms with Gasteiger partial charge in [0, 0.05) is 17.6 Å². The summed E-state index contributed by atoms with van der Waals surface area (Å²) in [7, 11) is 0. The van der Waals surface area contributed by atoms with Crippen LogP contribution in [0, 0.1) is 0 Å². The van der Waals surface area contributed by atoms with Crippen LogP contribution in [0.4, 0.5) is 5.69 Å². The fourth-order valence-corrected chi connectivity index (χ4v) is 3.42. The molecule has 128 valence electrons. The Bertz CT molecular complexity index is 971. The van der Waals surface area contributed by atoms with E-state index >= 15 is 0 Å². The van der Waals surface area contributed by atoms with E-state index in [9.17, 15) is 4.79 Å².